The van der Waals surface area contributed by atoms with E-state index in [1.807, 2.05) is 13.8 Å². The minimum atomic E-state index is -3.88. The van der Waals surface area contributed by atoms with Gasteiger partial charge in [-0.3, -0.25) is 13.9 Å². The molecule has 0 saturated carbocycles. The van der Waals surface area contributed by atoms with Crippen molar-refractivity contribution < 1.29 is 27.5 Å². The van der Waals surface area contributed by atoms with Gasteiger partial charge in [0.25, 0.3) is 0 Å². The summed E-state index contributed by atoms with van der Waals surface area (Å²) in [7, 11) is -3.88. The molecule has 0 aromatic heterocycles. The van der Waals surface area contributed by atoms with Crippen LogP contribution in [0.2, 0.25) is 10.0 Å². The monoisotopic (exact) mass is 585 g/mol. The molecule has 2 atom stereocenters. The summed E-state index contributed by atoms with van der Waals surface area (Å²) in [6.45, 7) is 7.07. The first-order valence-corrected chi connectivity index (χ1v) is 14.8. The van der Waals surface area contributed by atoms with Gasteiger partial charge < -0.3 is 19.7 Å². The minimum absolute atomic E-state index is 0.0227. The number of amides is 2. The van der Waals surface area contributed by atoms with E-state index in [2.05, 4.69) is 5.32 Å². The number of anilines is 1. The maximum atomic E-state index is 13.8. The molecule has 0 aliphatic carbocycles. The second-order valence-corrected chi connectivity index (χ2v) is 12.0. The zero-order valence-electron chi connectivity index (χ0n) is 21.9. The number of sulfonamides is 1. The van der Waals surface area contributed by atoms with Crippen LogP contribution in [-0.2, 0) is 26.2 Å². The summed E-state index contributed by atoms with van der Waals surface area (Å²) in [5.74, 6) is -0.281. The average molecular weight is 587 g/mol. The van der Waals surface area contributed by atoms with Gasteiger partial charge in [-0.1, -0.05) is 36.2 Å². The van der Waals surface area contributed by atoms with Gasteiger partial charge in [-0.25, -0.2) is 8.42 Å². The molecule has 38 heavy (non-hydrogen) atoms. The van der Waals surface area contributed by atoms with Crippen molar-refractivity contribution in [3.63, 3.8) is 0 Å². The first-order valence-electron chi connectivity index (χ1n) is 12.4. The first kappa shape index (κ1) is 29.9. The Morgan fingerprint density at radius 3 is 2.34 bits per heavy atom. The number of benzene rings is 2. The van der Waals surface area contributed by atoms with Gasteiger partial charge in [0.05, 0.1) is 11.4 Å². The molecule has 1 aliphatic rings. The largest absolute Gasteiger partial charge is 0.486 e. The second-order valence-electron chi connectivity index (χ2n) is 8.99. The summed E-state index contributed by atoms with van der Waals surface area (Å²) in [6.07, 6.45) is 0.710. The summed E-state index contributed by atoms with van der Waals surface area (Å²) >= 11 is 12.4. The average Bonchev–Trinajstić information content (AvgIpc) is 2.90. The summed E-state index contributed by atoms with van der Waals surface area (Å²) in [6, 6.07) is 8.56. The molecule has 208 valence electrons. The molecule has 0 spiro atoms. The van der Waals surface area contributed by atoms with E-state index in [-0.39, 0.29) is 29.9 Å². The van der Waals surface area contributed by atoms with Crippen LogP contribution in [0.15, 0.2) is 36.4 Å². The Labute approximate surface area is 234 Å². The number of halogens is 2. The first-order chi connectivity index (χ1) is 18.0. The van der Waals surface area contributed by atoms with Crippen LogP contribution in [0.3, 0.4) is 0 Å². The van der Waals surface area contributed by atoms with Gasteiger partial charge in [0.2, 0.25) is 21.8 Å². The maximum absolute atomic E-state index is 13.8. The Kier molecular flexibility index (Phi) is 10.1. The van der Waals surface area contributed by atoms with Crippen LogP contribution >= 0.6 is 23.2 Å². The maximum Gasteiger partial charge on any atom is 0.244 e. The molecule has 9 nitrogen and oxygen atoms in total. The zero-order chi connectivity index (χ0) is 28.0. The molecule has 0 saturated heterocycles. The number of rotatable bonds is 11. The number of nitrogens with one attached hydrogen (secondary N) is 1. The van der Waals surface area contributed by atoms with E-state index in [0.29, 0.717) is 46.7 Å². The van der Waals surface area contributed by atoms with Crippen LogP contribution in [-0.4, -0.2) is 62.7 Å². The smallest absolute Gasteiger partial charge is 0.244 e. The molecule has 1 heterocycles. The van der Waals surface area contributed by atoms with Gasteiger partial charge in [0, 0.05) is 28.7 Å². The van der Waals surface area contributed by atoms with Gasteiger partial charge in [-0.2, -0.15) is 0 Å². The third-order valence-corrected chi connectivity index (χ3v) is 8.65. The van der Waals surface area contributed by atoms with Crippen molar-refractivity contribution in [1.82, 2.24) is 10.2 Å². The molecular weight excluding hydrogens is 553 g/mol. The van der Waals surface area contributed by atoms with Crippen molar-refractivity contribution in [2.75, 3.05) is 29.8 Å². The molecule has 1 aliphatic heterocycles. The van der Waals surface area contributed by atoms with E-state index in [0.717, 1.165) is 4.31 Å². The van der Waals surface area contributed by atoms with Crippen LogP contribution in [0.1, 0.15) is 39.7 Å². The molecule has 2 amide bonds. The van der Waals surface area contributed by atoms with Gasteiger partial charge in [-0.15, -0.1) is 0 Å². The quantitative estimate of drug-likeness (QED) is 0.422. The zero-order valence-corrected chi connectivity index (χ0v) is 24.2. The summed E-state index contributed by atoms with van der Waals surface area (Å²) in [5, 5.41) is 3.64. The number of hydrogen-bond acceptors (Lipinski definition) is 6. The van der Waals surface area contributed by atoms with Crippen molar-refractivity contribution in [3.8, 4) is 11.5 Å². The van der Waals surface area contributed by atoms with Crippen LogP contribution in [0.5, 0.6) is 11.5 Å². The van der Waals surface area contributed by atoms with Crippen molar-refractivity contribution >= 4 is 50.7 Å². The second kappa shape index (κ2) is 12.9. The van der Waals surface area contributed by atoms with Crippen molar-refractivity contribution in [1.29, 1.82) is 0 Å². The number of carbonyl (C=O) groups is 2. The lowest BCUT2D eigenvalue weighted by atomic mass is 10.1. The molecule has 1 N–H and O–H groups in total. The molecule has 0 bridgehead atoms. The molecule has 0 fully saturated rings. The van der Waals surface area contributed by atoms with Gasteiger partial charge in [-0.05, 0) is 57.0 Å². The van der Waals surface area contributed by atoms with E-state index in [1.54, 1.807) is 37.3 Å². The molecule has 12 heteroatoms. The van der Waals surface area contributed by atoms with Crippen LogP contribution in [0, 0.1) is 0 Å². The van der Waals surface area contributed by atoms with E-state index >= 15 is 0 Å². The Hall–Kier alpha value is -2.69. The van der Waals surface area contributed by atoms with E-state index < -0.39 is 28.5 Å². The number of carbonyl (C=O) groups excluding carboxylic acids is 2. The van der Waals surface area contributed by atoms with E-state index in [1.165, 1.54) is 17.9 Å². The summed E-state index contributed by atoms with van der Waals surface area (Å²) in [4.78, 5) is 28.1. The van der Waals surface area contributed by atoms with Gasteiger partial charge >= 0.3 is 0 Å². The van der Waals surface area contributed by atoms with Crippen LogP contribution in [0.25, 0.3) is 0 Å². The van der Waals surface area contributed by atoms with Crippen molar-refractivity contribution in [2.24, 2.45) is 0 Å². The summed E-state index contributed by atoms with van der Waals surface area (Å²) in [5.41, 5.74) is 0.822. The standard InChI is InChI=1S/C26H33Cl2N3O6S/c1-5-17(3)29-26(33)18(4)30(15-19-7-8-20(27)13-22(19)28)25(32)16-31(38(34,35)6-2)21-9-10-23-24(14-21)37-12-11-36-23/h7-10,13-14,17-18H,5-6,11-12,15-16H2,1-4H3,(H,29,33)/t17-,18+/m1/s1. The van der Waals surface area contributed by atoms with Crippen molar-refractivity contribution in [2.45, 2.75) is 52.7 Å². The Bertz CT molecular complexity index is 1270. The highest BCUT2D eigenvalue weighted by Gasteiger charge is 2.32. The van der Waals surface area contributed by atoms with E-state index in [9.17, 15) is 18.0 Å². The molecule has 0 unspecified atom stereocenters. The highest BCUT2D eigenvalue weighted by Crippen LogP contribution is 2.35. The molecule has 0 radical (unpaired) electrons. The summed E-state index contributed by atoms with van der Waals surface area (Å²) < 4.78 is 38.4. The van der Waals surface area contributed by atoms with Gasteiger partial charge in [0.1, 0.15) is 25.8 Å². The molecular formula is C26H33Cl2N3O6S. The number of hydrogen-bond donors (Lipinski definition) is 1. The Morgan fingerprint density at radius 1 is 1.03 bits per heavy atom. The number of nitrogens with zero attached hydrogens (tertiary/aromatic N) is 2. The predicted octanol–water partition coefficient (Wildman–Crippen LogP) is 4.25. The SMILES string of the molecule is CC[C@@H](C)NC(=O)[C@H](C)N(Cc1ccc(Cl)cc1Cl)C(=O)CN(c1ccc2c(c1)OCCO2)S(=O)(=O)CC. The Morgan fingerprint density at radius 2 is 1.71 bits per heavy atom. The fraction of sp³-hybridized carbons (Fsp3) is 0.462. The lowest BCUT2D eigenvalue weighted by Gasteiger charge is -2.32. The predicted molar refractivity (Wildman–Crippen MR) is 149 cm³/mol. The van der Waals surface area contributed by atoms with Crippen molar-refractivity contribution in [3.05, 3.63) is 52.0 Å². The number of ether oxygens (including phenoxy) is 2. The Balaban J connectivity index is 1.97. The third-order valence-electron chi connectivity index (χ3n) is 6.32. The fourth-order valence-electron chi connectivity index (χ4n) is 3.79. The minimum Gasteiger partial charge on any atom is -0.486 e. The van der Waals surface area contributed by atoms with Gasteiger partial charge in [0.15, 0.2) is 11.5 Å². The molecule has 3 rings (SSSR count). The van der Waals surface area contributed by atoms with Crippen LogP contribution in [0.4, 0.5) is 5.69 Å². The highest BCUT2D eigenvalue weighted by atomic mass is 35.5. The van der Waals surface area contributed by atoms with Crippen LogP contribution < -0.4 is 19.1 Å². The lowest BCUT2D eigenvalue weighted by molar-refractivity contribution is -0.139. The normalized spacial score (nSPS) is 14.4. The molecule has 2 aromatic rings. The third kappa shape index (κ3) is 7.24. The molecule has 2 aromatic carbocycles. The van der Waals surface area contributed by atoms with E-state index in [4.69, 9.17) is 32.7 Å². The number of fused-ring (bicyclic) bond motifs is 1. The fourth-order valence-corrected chi connectivity index (χ4v) is 5.31. The highest BCUT2D eigenvalue weighted by molar-refractivity contribution is 7.92. The lowest BCUT2D eigenvalue weighted by Crippen LogP contribution is -2.52. The topological polar surface area (TPSA) is 105 Å².